The second-order valence-corrected chi connectivity index (χ2v) is 6.27. The van der Waals surface area contributed by atoms with Crippen LogP contribution >= 0.6 is 11.6 Å². The Morgan fingerprint density at radius 3 is 2.58 bits per heavy atom. The van der Waals surface area contributed by atoms with E-state index in [0.717, 1.165) is 5.56 Å². The van der Waals surface area contributed by atoms with Gasteiger partial charge in [-0.2, -0.15) is 5.10 Å². The molecule has 2 aromatic rings. The van der Waals surface area contributed by atoms with E-state index in [2.05, 4.69) is 5.10 Å². The monoisotopic (exact) mass is 299 g/mol. The highest BCUT2D eigenvalue weighted by atomic mass is 35.5. The van der Waals surface area contributed by atoms with Crippen LogP contribution in [0.5, 0.6) is 0 Å². The van der Waals surface area contributed by atoms with Crippen molar-refractivity contribution in [3.8, 4) is 0 Å². The number of nitrogens with two attached hydrogens (primary N) is 1. The Balaban J connectivity index is 2.43. The fourth-order valence-electron chi connectivity index (χ4n) is 2.05. The van der Waals surface area contributed by atoms with Gasteiger partial charge in [-0.25, -0.2) is 13.6 Å². The van der Waals surface area contributed by atoms with Gasteiger partial charge in [0.1, 0.15) is 4.90 Å². The van der Waals surface area contributed by atoms with Crippen molar-refractivity contribution in [2.45, 2.75) is 25.3 Å². The molecule has 0 aliphatic carbocycles. The smallest absolute Gasteiger partial charge is 0.241 e. The second-order valence-electron chi connectivity index (χ2n) is 4.33. The third-order valence-corrected chi connectivity index (χ3v) is 4.22. The number of aryl methyl sites for hydroxylation is 1. The van der Waals surface area contributed by atoms with E-state index < -0.39 is 10.0 Å². The minimum Gasteiger partial charge on any atom is -0.264 e. The number of hydrogen-bond donors (Lipinski definition) is 1. The van der Waals surface area contributed by atoms with Crippen LogP contribution in [-0.2, 0) is 16.6 Å². The van der Waals surface area contributed by atoms with Crippen molar-refractivity contribution in [2.24, 2.45) is 5.14 Å². The molecule has 1 aromatic heterocycles. The minimum absolute atomic E-state index is 0.0922. The molecule has 1 heterocycles. The molecule has 0 saturated carbocycles. The number of primary sulfonamides is 1. The Kier molecular flexibility index (Phi) is 3.66. The maximum absolute atomic E-state index is 11.5. The van der Waals surface area contributed by atoms with Crippen molar-refractivity contribution in [1.29, 1.82) is 0 Å². The van der Waals surface area contributed by atoms with Gasteiger partial charge in [0.05, 0.1) is 17.9 Å². The van der Waals surface area contributed by atoms with E-state index in [1.54, 1.807) is 24.6 Å². The summed E-state index contributed by atoms with van der Waals surface area (Å²) in [4.78, 5) is 0.0922. The van der Waals surface area contributed by atoms with E-state index in [-0.39, 0.29) is 4.90 Å². The summed E-state index contributed by atoms with van der Waals surface area (Å²) in [6, 6.07) is 7.33. The Labute approximate surface area is 117 Å². The van der Waals surface area contributed by atoms with Gasteiger partial charge in [-0.05, 0) is 31.5 Å². The Morgan fingerprint density at radius 1 is 1.37 bits per heavy atom. The van der Waals surface area contributed by atoms with E-state index in [0.29, 0.717) is 23.0 Å². The molecule has 0 aliphatic rings. The number of aromatic nitrogens is 2. The molecule has 7 heteroatoms. The molecule has 2 N–H and O–H groups in total. The van der Waals surface area contributed by atoms with Crippen LogP contribution in [0.3, 0.4) is 0 Å². The van der Waals surface area contributed by atoms with Gasteiger partial charge < -0.3 is 0 Å². The quantitative estimate of drug-likeness (QED) is 0.939. The van der Waals surface area contributed by atoms with E-state index in [9.17, 15) is 8.42 Å². The van der Waals surface area contributed by atoms with Gasteiger partial charge >= 0.3 is 0 Å². The number of benzene rings is 1. The first-order chi connectivity index (χ1) is 8.79. The van der Waals surface area contributed by atoms with E-state index in [1.807, 2.05) is 18.2 Å². The van der Waals surface area contributed by atoms with Gasteiger partial charge in [-0.15, -0.1) is 0 Å². The van der Waals surface area contributed by atoms with Gasteiger partial charge in [0.25, 0.3) is 0 Å². The first-order valence-corrected chi connectivity index (χ1v) is 7.52. The summed E-state index contributed by atoms with van der Waals surface area (Å²) in [5.41, 5.74) is 1.88. The summed E-state index contributed by atoms with van der Waals surface area (Å²) in [5, 5.41) is 10.0. The molecule has 0 fully saturated rings. The maximum Gasteiger partial charge on any atom is 0.241 e. The van der Waals surface area contributed by atoms with Gasteiger partial charge in [-0.1, -0.05) is 23.7 Å². The van der Waals surface area contributed by atoms with Crippen LogP contribution in [0.1, 0.15) is 17.0 Å². The summed E-state index contributed by atoms with van der Waals surface area (Å²) in [7, 11) is -3.75. The molecule has 0 spiro atoms. The van der Waals surface area contributed by atoms with Gasteiger partial charge in [0.2, 0.25) is 10.0 Å². The highest BCUT2D eigenvalue weighted by Crippen LogP contribution is 2.19. The number of rotatable bonds is 3. The summed E-state index contributed by atoms with van der Waals surface area (Å²) < 4.78 is 24.6. The highest BCUT2D eigenvalue weighted by molar-refractivity contribution is 7.89. The molecular weight excluding hydrogens is 286 g/mol. The number of halogens is 1. The zero-order valence-corrected chi connectivity index (χ0v) is 12.2. The zero-order chi connectivity index (χ0) is 14.2. The van der Waals surface area contributed by atoms with Crippen LogP contribution in [0.25, 0.3) is 0 Å². The average Bonchev–Trinajstić information content (AvgIpc) is 2.53. The van der Waals surface area contributed by atoms with Gasteiger partial charge in [-0.3, -0.25) is 4.68 Å². The summed E-state index contributed by atoms with van der Waals surface area (Å²) in [6.45, 7) is 3.76. The number of sulfonamides is 1. The van der Waals surface area contributed by atoms with E-state index >= 15 is 0 Å². The Morgan fingerprint density at radius 2 is 2.05 bits per heavy atom. The third-order valence-electron chi connectivity index (χ3n) is 2.82. The predicted octanol–water partition coefficient (Wildman–Crippen LogP) is 1.85. The van der Waals surface area contributed by atoms with Crippen molar-refractivity contribution in [1.82, 2.24) is 9.78 Å². The Bertz CT molecular complexity index is 723. The molecule has 2 rings (SSSR count). The normalized spacial score (nSPS) is 11.8. The first-order valence-electron chi connectivity index (χ1n) is 5.60. The van der Waals surface area contributed by atoms with Crippen LogP contribution in [-0.4, -0.2) is 18.2 Å². The average molecular weight is 300 g/mol. The SMILES string of the molecule is Cc1nn(Cc2cccc(Cl)c2)c(C)c1S(N)(=O)=O. The molecule has 0 unspecified atom stereocenters. The van der Waals surface area contributed by atoms with Crippen LogP contribution in [0.4, 0.5) is 0 Å². The number of hydrogen-bond acceptors (Lipinski definition) is 3. The molecule has 0 bridgehead atoms. The molecule has 5 nitrogen and oxygen atoms in total. The highest BCUT2D eigenvalue weighted by Gasteiger charge is 2.20. The topological polar surface area (TPSA) is 78.0 Å². The Hall–Kier alpha value is -1.37. The lowest BCUT2D eigenvalue weighted by Crippen LogP contribution is -2.14. The molecule has 102 valence electrons. The van der Waals surface area contributed by atoms with Crippen molar-refractivity contribution in [3.63, 3.8) is 0 Å². The fraction of sp³-hybridized carbons (Fsp3) is 0.250. The van der Waals surface area contributed by atoms with Gasteiger partial charge in [0, 0.05) is 5.02 Å². The third kappa shape index (κ3) is 2.97. The first kappa shape index (κ1) is 14.0. The molecule has 1 aromatic carbocycles. The number of nitrogens with zero attached hydrogens (tertiary/aromatic N) is 2. The molecular formula is C12H14ClN3O2S. The van der Waals surface area contributed by atoms with Crippen LogP contribution < -0.4 is 5.14 Å². The largest absolute Gasteiger partial charge is 0.264 e. The van der Waals surface area contributed by atoms with Crippen LogP contribution in [0, 0.1) is 13.8 Å². The lowest BCUT2D eigenvalue weighted by molar-refractivity contribution is 0.595. The fourth-order valence-corrected chi connectivity index (χ4v) is 3.24. The molecule has 0 amide bonds. The second kappa shape index (κ2) is 4.96. The molecule has 19 heavy (non-hydrogen) atoms. The standard InChI is InChI=1S/C12H14ClN3O2S/c1-8-12(19(14,17)18)9(2)16(15-8)7-10-4-3-5-11(13)6-10/h3-6H,7H2,1-2H3,(H2,14,17,18). The van der Waals surface area contributed by atoms with Crippen molar-refractivity contribution in [2.75, 3.05) is 0 Å². The summed E-state index contributed by atoms with van der Waals surface area (Å²) >= 11 is 5.91. The minimum atomic E-state index is -3.75. The van der Waals surface area contributed by atoms with Crippen LogP contribution in [0.15, 0.2) is 29.2 Å². The zero-order valence-electron chi connectivity index (χ0n) is 10.6. The predicted molar refractivity (Wildman–Crippen MR) is 73.6 cm³/mol. The lowest BCUT2D eigenvalue weighted by Gasteiger charge is -2.05. The summed E-state index contributed by atoms with van der Waals surface area (Å²) in [5.74, 6) is 0. The van der Waals surface area contributed by atoms with Crippen molar-refractivity contribution < 1.29 is 8.42 Å². The maximum atomic E-state index is 11.5. The summed E-state index contributed by atoms with van der Waals surface area (Å²) in [6.07, 6.45) is 0. The van der Waals surface area contributed by atoms with Gasteiger partial charge in [0.15, 0.2) is 0 Å². The van der Waals surface area contributed by atoms with Crippen LogP contribution in [0.2, 0.25) is 5.02 Å². The molecule has 0 saturated heterocycles. The lowest BCUT2D eigenvalue weighted by atomic mass is 10.2. The van der Waals surface area contributed by atoms with Crippen molar-refractivity contribution >= 4 is 21.6 Å². The molecule has 0 aliphatic heterocycles. The van der Waals surface area contributed by atoms with E-state index in [1.165, 1.54) is 0 Å². The molecule has 0 radical (unpaired) electrons. The molecule has 0 atom stereocenters. The van der Waals surface area contributed by atoms with E-state index in [4.69, 9.17) is 16.7 Å². The van der Waals surface area contributed by atoms with Crippen molar-refractivity contribution in [3.05, 3.63) is 46.2 Å².